The molecule has 0 saturated carbocycles. The summed E-state index contributed by atoms with van der Waals surface area (Å²) in [5.41, 5.74) is 0. The first-order valence-corrected chi connectivity index (χ1v) is 8.60. The molecule has 7 nitrogen and oxygen atoms in total. The lowest BCUT2D eigenvalue weighted by Crippen LogP contribution is -2.41. The van der Waals surface area contributed by atoms with Crippen LogP contribution in [-0.2, 0) is 23.9 Å². The number of nitrogens with one attached hydrogen (secondary N) is 2. The van der Waals surface area contributed by atoms with Crippen molar-refractivity contribution in [2.45, 2.75) is 25.8 Å². The van der Waals surface area contributed by atoms with E-state index < -0.39 is 6.04 Å². The summed E-state index contributed by atoms with van der Waals surface area (Å²) in [6, 6.07) is -0.634. The number of Topliss-reactive ketones (excluding diaryl/α,β-unsaturated/α-hetero) is 1. The fourth-order valence-corrected chi connectivity index (χ4v) is 1.90. The molecule has 21 heavy (non-hydrogen) atoms. The van der Waals surface area contributed by atoms with Crippen LogP contribution in [0.2, 0.25) is 0 Å². The summed E-state index contributed by atoms with van der Waals surface area (Å²) in [7, 11) is 0. The van der Waals surface area contributed by atoms with Crippen LogP contribution in [0, 0.1) is 0 Å². The zero-order chi connectivity index (χ0) is 16.1. The standard InChI is InChI=1S/C12H20I2N2O5/c1-9(17)10(2-3-11(13)18)16-12(19)8-21-7-6-20-5-4-15-14/h10,15H,2-8H2,1H3,(H,16,19). The molecular formula is C12H20I2N2O5. The molecule has 0 fully saturated rings. The molecule has 0 bridgehead atoms. The Bertz CT molecular complexity index is 342. The van der Waals surface area contributed by atoms with Crippen LogP contribution in [0.4, 0.5) is 0 Å². The van der Waals surface area contributed by atoms with Crippen molar-refractivity contribution in [3.8, 4) is 0 Å². The normalized spacial score (nSPS) is 12.0. The van der Waals surface area contributed by atoms with Gasteiger partial charge in [0, 0.05) is 35.8 Å². The monoisotopic (exact) mass is 526 g/mol. The average molecular weight is 526 g/mol. The Kier molecular flexibility index (Phi) is 13.9. The Labute approximate surface area is 151 Å². The second-order valence-corrected chi connectivity index (χ2v) is 6.14. The molecular weight excluding hydrogens is 506 g/mol. The van der Waals surface area contributed by atoms with Crippen molar-refractivity contribution in [1.82, 2.24) is 8.85 Å². The lowest BCUT2D eigenvalue weighted by atomic mass is 10.1. The highest BCUT2D eigenvalue weighted by Crippen LogP contribution is 2.03. The van der Waals surface area contributed by atoms with Gasteiger partial charge in [0.1, 0.15) is 6.61 Å². The number of carbonyl (C=O) groups excluding carboxylic acids is 3. The number of hydrogen-bond donors (Lipinski definition) is 2. The van der Waals surface area contributed by atoms with Crippen LogP contribution in [0.3, 0.4) is 0 Å². The predicted octanol–water partition coefficient (Wildman–Crippen LogP) is 0.775. The number of halogens is 2. The van der Waals surface area contributed by atoms with Crippen molar-refractivity contribution in [3.05, 3.63) is 0 Å². The minimum atomic E-state index is -0.634. The van der Waals surface area contributed by atoms with E-state index >= 15 is 0 Å². The maximum absolute atomic E-state index is 11.6. The number of hydrogen-bond acceptors (Lipinski definition) is 6. The van der Waals surface area contributed by atoms with Crippen LogP contribution in [0.1, 0.15) is 19.8 Å². The molecule has 0 rings (SSSR count). The van der Waals surface area contributed by atoms with Gasteiger partial charge in [-0.15, -0.1) is 0 Å². The SMILES string of the molecule is CC(=O)C(CCC(=O)I)NC(=O)COCCOCCNI. The quantitative estimate of drug-likeness (QED) is 0.160. The molecule has 0 aliphatic rings. The fourth-order valence-electron chi connectivity index (χ4n) is 1.37. The molecule has 0 spiro atoms. The highest BCUT2D eigenvalue weighted by molar-refractivity contribution is 14.1. The largest absolute Gasteiger partial charge is 0.378 e. The number of ether oxygens (including phenoxy) is 2. The summed E-state index contributed by atoms with van der Waals surface area (Å²) in [5, 5.41) is 2.56. The summed E-state index contributed by atoms with van der Waals surface area (Å²) in [4.78, 5) is 33.9. The third-order valence-electron chi connectivity index (χ3n) is 2.40. The van der Waals surface area contributed by atoms with Gasteiger partial charge in [-0.3, -0.25) is 17.9 Å². The zero-order valence-electron chi connectivity index (χ0n) is 11.8. The van der Waals surface area contributed by atoms with Crippen molar-refractivity contribution in [2.24, 2.45) is 0 Å². The van der Waals surface area contributed by atoms with Gasteiger partial charge < -0.3 is 14.8 Å². The second-order valence-electron chi connectivity index (χ2n) is 4.17. The minimum Gasteiger partial charge on any atom is -0.378 e. The molecule has 122 valence electrons. The summed E-state index contributed by atoms with van der Waals surface area (Å²) in [5.74, 6) is -0.541. The van der Waals surface area contributed by atoms with Crippen LogP contribution in [0.5, 0.6) is 0 Å². The van der Waals surface area contributed by atoms with Crippen LogP contribution in [0.15, 0.2) is 0 Å². The third kappa shape index (κ3) is 13.5. The molecule has 1 atom stereocenters. The lowest BCUT2D eigenvalue weighted by molar-refractivity contribution is -0.130. The molecule has 1 amide bonds. The van der Waals surface area contributed by atoms with E-state index in [1.165, 1.54) is 6.92 Å². The second kappa shape index (κ2) is 13.8. The molecule has 0 aromatic heterocycles. The van der Waals surface area contributed by atoms with Crippen molar-refractivity contribution < 1.29 is 23.9 Å². The third-order valence-corrected chi connectivity index (χ3v) is 3.48. The van der Waals surface area contributed by atoms with E-state index in [4.69, 9.17) is 9.47 Å². The van der Waals surface area contributed by atoms with Gasteiger partial charge in [0.2, 0.25) is 5.91 Å². The van der Waals surface area contributed by atoms with Gasteiger partial charge >= 0.3 is 0 Å². The van der Waals surface area contributed by atoms with E-state index in [1.807, 2.05) is 22.9 Å². The van der Waals surface area contributed by atoms with Crippen LogP contribution in [-0.4, -0.2) is 54.5 Å². The van der Waals surface area contributed by atoms with Crippen molar-refractivity contribution in [2.75, 3.05) is 33.0 Å². The van der Waals surface area contributed by atoms with E-state index in [0.717, 1.165) is 6.54 Å². The number of amides is 1. The number of rotatable bonds is 13. The molecule has 2 N–H and O–H groups in total. The number of carbonyl (C=O) groups is 3. The maximum Gasteiger partial charge on any atom is 0.246 e. The Morgan fingerprint density at radius 1 is 1.14 bits per heavy atom. The van der Waals surface area contributed by atoms with Gasteiger partial charge in [0.25, 0.3) is 0 Å². The highest BCUT2D eigenvalue weighted by atomic mass is 127. The molecule has 0 aliphatic carbocycles. The molecule has 0 aliphatic heterocycles. The first kappa shape index (κ1) is 21.1. The molecule has 0 aromatic rings. The van der Waals surface area contributed by atoms with Gasteiger partial charge in [0.05, 0.1) is 25.9 Å². The van der Waals surface area contributed by atoms with E-state index in [2.05, 4.69) is 8.85 Å². The first-order valence-electron chi connectivity index (χ1n) is 6.44. The van der Waals surface area contributed by atoms with E-state index in [9.17, 15) is 14.4 Å². The average Bonchev–Trinajstić information content (AvgIpc) is 2.41. The Hall–Kier alpha value is 0.150. The van der Waals surface area contributed by atoms with Crippen LogP contribution >= 0.6 is 45.5 Å². The number of ketones is 1. The molecule has 0 saturated heterocycles. The molecule has 0 aromatic carbocycles. The van der Waals surface area contributed by atoms with Crippen molar-refractivity contribution >= 4 is 60.9 Å². The topological polar surface area (TPSA) is 93.7 Å². The van der Waals surface area contributed by atoms with Crippen molar-refractivity contribution in [1.29, 1.82) is 0 Å². The maximum atomic E-state index is 11.6. The summed E-state index contributed by atoms with van der Waals surface area (Å²) in [6.07, 6.45) is 0.569. The smallest absolute Gasteiger partial charge is 0.246 e. The van der Waals surface area contributed by atoms with Crippen LogP contribution in [0.25, 0.3) is 0 Å². The van der Waals surface area contributed by atoms with Crippen molar-refractivity contribution in [3.63, 3.8) is 0 Å². The van der Waals surface area contributed by atoms with Crippen LogP contribution < -0.4 is 8.85 Å². The predicted molar refractivity (Wildman–Crippen MR) is 94.5 cm³/mol. The molecule has 0 radical (unpaired) electrons. The first-order chi connectivity index (χ1) is 9.97. The Balaban J connectivity index is 3.78. The molecule has 0 heterocycles. The van der Waals surface area contributed by atoms with E-state index in [0.29, 0.717) is 26.2 Å². The van der Waals surface area contributed by atoms with Gasteiger partial charge in [-0.05, 0) is 35.9 Å². The highest BCUT2D eigenvalue weighted by Gasteiger charge is 2.17. The Morgan fingerprint density at radius 2 is 1.81 bits per heavy atom. The minimum absolute atomic E-state index is 0.0394. The fraction of sp³-hybridized carbons (Fsp3) is 0.750. The summed E-state index contributed by atoms with van der Waals surface area (Å²) >= 11 is 3.70. The van der Waals surface area contributed by atoms with E-state index in [-0.39, 0.29) is 28.5 Å². The zero-order valence-corrected chi connectivity index (χ0v) is 16.1. The molecule has 9 heteroatoms. The molecule has 1 unspecified atom stereocenters. The lowest BCUT2D eigenvalue weighted by Gasteiger charge is -2.15. The Morgan fingerprint density at radius 3 is 2.38 bits per heavy atom. The van der Waals surface area contributed by atoms with Gasteiger partial charge in [0.15, 0.2) is 9.57 Å². The van der Waals surface area contributed by atoms with Gasteiger partial charge in [-0.2, -0.15) is 0 Å². The summed E-state index contributed by atoms with van der Waals surface area (Å²) < 4.78 is 13.2. The van der Waals surface area contributed by atoms with E-state index in [1.54, 1.807) is 22.6 Å². The van der Waals surface area contributed by atoms with Gasteiger partial charge in [-0.1, -0.05) is 0 Å². The van der Waals surface area contributed by atoms with Gasteiger partial charge in [-0.25, -0.2) is 0 Å². The summed E-state index contributed by atoms with van der Waals surface area (Å²) in [6.45, 7) is 3.30.